The summed E-state index contributed by atoms with van der Waals surface area (Å²) in [6, 6.07) is 5.35. The quantitative estimate of drug-likeness (QED) is 0.814. The second-order valence-electron chi connectivity index (χ2n) is 4.04. The Kier molecular flexibility index (Phi) is 4.23. The van der Waals surface area contributed by atoms with Gasteiger partial charge in [0, 0.05) is 17.1 Å². The number of hydrogen-bond donors (Lipinski definition) is 2. The minimum atomic E-state index is -0.117. The summed E-state index contributed by atoms with van der Waals surface area (Å²) >= 11 is 5.91. The van der Waals surface area contributed by atoms with Gasteiger partial charge < -0.3 is 15.8 Å². The van der Waals surface area contributed by atoms with Gasteiger partial charge in [0.1, 0.15) is 12.4 Å². The molecule has 0 atom stereocenters. The van der Waals surface area contributed by atoms with Crippen LogP contribution < -0.4 is 15.8 Å². The number of halogens is 1. The molecule has 0 saturated carbocycles. The highest BCUT2D eigenvalue weighted by molar-refractivity contribution is 6.30. The molecule has 1 amide bonds. The zero-order chi connectivity index (χ0) is 13.0. The number of hydrogen-bond acceptors (Lipinski definition) is 3. The van der Waals surface area contributed by atoms with Crippen LogP contribution in [0.5, 0.6) is 5.75 Å². The normalized spacial score (nSPS) is 13.3. The van der Waals surface area contributed by atoms with Crippen molar-refractivity contribution < 1.29 is 9.53 Å². The largest absolute Gasteiger partial charge is 0.488 e. The Bertz CT molecular complexity index is 486. The van der Waals surface area contributed by atoms with Crippen molar-refractivity contribution >= 4 is 23.6 Å². The summed E-state index contributed by atoms with van der Waals surface area (Å²) in [6.45, 7) is 1.42. The zero-order valence-electron chi connectivity index (χ0n) is 9.91. The highest BCUT2D eigenvalue weighted by Gasteiger charge is 2.16. The molecular weight excluding hydrogens is 252 g/mol. The van der Waals surface area contributed by atoms with Crippen LogP contribution in [0.4, 0.5) is 0 Å². The van der Waals surface area contributed by atoms with Gasteiger partial charge in [-0.05, 0) is 37.2 Å². The molecule has 0 unspecified atom stereocenters. The van der Waals surface area contributed by atoms with Gasteiger partial charge in [-0.15, -0.1) is 0 Å². The molecule has 0 aromatic heterocycles. The monoisotopic (exact) mass is 266 g/mol. The van der Waals surface area contributed by atoms with Crippen molar-refractivity contribution in [1.29, 1.82) is 0 Å². The molecule has 0 spiro atoms. The van der Waals surface area contributed by atoms with E-state index in [9.17, 15) is 4.79 Å². The van der Waals surface area contributed by atoms with E-state index < -0.39 is 0 Å². The third-order valence-corrected chi connectivity index (χ3v) is 2.88. The first-order valence-electron chi connectivity index (χ1n) is 5.82. The van der Waals surface area contributed by atoms with Crippen LogP contribution >= 0.6 is 11.6 Å². The molecule has 4 nitrogen and oxygen atoms in total. The smallest absolute Gasteiger partial charge is 0.250 e. The number of nitrogens with one attached hydrogen (secondary N) is 1. The maximum Gasteiger partial charge on any atom is 0.250 e. The summed E-state index contributed by atoms with van der Waals surface area (Å²) in [7, 11) is 0. The zero-order valence-corrected chi connectivity index (χ0v) is 10.7. The maximum absolute atomic E-state index is 11.8. The predicted molar refractivity (Wildman–Crippen MR) is 71.6 cm³/mol. The van der Waals surface area contributed by atoms with Gasteiger partial charge in [0.25, 0.3) is 5.91 Å². The summed E-state index contributed by atoms with van der Waals surface area (Å²) in [5, 5.41) is 3.42. The fraction of sp³-hybridized carbons (Fsp3) is 0.308. The average molecular weight is 267 g/mol. The van der Waals surface area contributed by atoms with Crippen LogP contribution in [0.1, 0.15) is 12.0 Å². The molecule has 5 heteroatoms. The van der Waals surface area contributed by atoms with Gasteiger partial charge in [0.15, 0.2) is 0 Å². The molecule has 1 aromatic rings. The number of amides is 1. The van der Waals surface area contributed by atoms with E-state index in [0.29, 0.717) is 23.7 Å². The molecule has 1 aliphatic rings. The highest BCUT2D eigenvalue weighted by Crippen LogP contribution is 2.28. The van der Waals surface area contributed by atoms with Crippen LogP contribution in [0.25, 0.3) is 6.08 Å². The molecule has 0 saturated heterocycles. The first-order chi connectivity index (χ1) is 8.70. The van der Waals surface area contributed by atoms with Gasteiger partial charge >= 0.3 is 0 Å². The Morgan fingerprint density at radius 2 is 2.33 bits per heavy atom. The molecule has 0 radical (unpaired) electrons. The molecule has 2 rings (SSSR count). The number of benzene rings is 1. The Labute approximate surface area is 111 Å². The van der Waals surface area contributed by atoms with Crippen molar-refractivity contribution in [2.75, 3.05) is 19.7 Å². The standard InChI is InChI=1S/C13H15ClN2O2/c14-11-2-3-12-9(7-11)6-10(8-18-12)13(17)16-5-1-4-15/h2-3,6-7H,1,4-5,8,15H2,(H,16,17). The fourth-order valence-corrected chi connectivity index (χ4v) is 1.88. The Hall–Kier alpha value is -1.52. The number of carbonyl (C=O) groups excluding carboxylic acids is 1. The molecule has 0 fully saturated rings. The van der Waals surface area contributed by atoms with Crippen molar-refractivity contribution in [3.05, 3.63) is 34.4 Å². The van der Waals surface area contributed by atoms with Crippen LogP contribution in [0.3, 0.4) is 0 Å². The molecule has 1 heterocycles. The van der Waals surface area contributed by atoms with E-state index in [1.54, 1.807) is 18.2 Å². The van der Waals surface area contributed by atoms with Gasteiger partial charge in [-0.2, -0.15) is 0 Å². The van der Waals surface area contributed by atoms with Gasteiger partial charge in [0.05, 0.1) is 5.57 Å². The van der Waals surface area contributed by atoms with Crippen molar-refractivity contribution in [1.82, 2.24) is 5.32 Å². The SMILES string of the molecule is NCCCNC(=O)C1=Cc2cc(Cl)ccc2OC1. The van der Waals surface area contributed by atoms with Crippen molar-refractivity contribution in [2.45, 2.75) is 6.42 Å². The summed E-state index contributed by atoms with van der Waals surface area (Å²) in [4.78, 5) is 11.8. The van der Waals surface area contributed by atoms with Crippen LogP contribution in [-0.2, 0) is 4.79 Å². The van der Waals surface area contributed by atoms with E-state index in [1.165, 1.54) is 0 Å². The van der Waals surface area contributed by atoms with Crippen LogP contribution in [0.2, 0.25) is 5.02 Å². The lowest BCUT2D eigenvalue weighted by molar-refractivity contribution is -0.117. The van der Waals surface area contributed by atoms with Crippen molar-refractivity contribution in [3.63, 3.8) is 0 Å². The van der Waals surface area contributed by atoms with Crippen molar-refractivity contribution in [2.24, 2.45) is 5.73 Å². The third kappa shape index (κ3) is 3.03. The number of carbonyl (C=O) groups is 1. The van der Waals surface area contributed by atoms with Gasteiger partial charge in [-0.1, -0.05) is 11.6 Å². The molecule has 1 aliphatic heterocycles. The number of ether oxygens (including phenoxy) is 1. The van der Waals surface area contributed by atoms with E-state index in [-0.39, 0.29) is 12.5 Å². The Morgan fingerprint density at radius 1 is 1.50 bits per heavy atom. The maximum atomic E-state index is 11.8. The molecule has 0 bridgehead atoms. The number of fused-ring (bicyclic) bond motifs is 1. The lowest BCUT2D eigenvalue weighted by Crippen LogP contribution is -2.30. The summed E-state index contributed by atoms with van der Waals surface area (Å²) in [6.07, 6.45) is 2.57. The predicted octanol–water partition coefficient (Wildman–Crippen LogP) is 1.58. The van der Waals surface area contributed by atoms with Crippen molar-refractivity contribution in [3.8, 4) is 5.75 Å². The molecule has 96 valence electrons. The van der Waals surface area contributed by atoms with E-state index in [0.717, 1.165) is 17.7 Å². The topological polar surface area (TPSA) is 64.3 Å². The summed E-state index contributed by atoms with van der Waals surface area (Å²) in [5.74, 6) is 0.631. The average Bonchev–Trinajstić information content (AvgIpc) is 2.38. The lowest BCUT2D eigenvalue weighted by Gasteiger charge is -2.17. The molecular formula is C13H15ClN2O2. The number of rotatable bonds is 4. The summed E-state index contributed by atoms with van der Waals surface area (Å²) < 4.78 is 5.51. The van der Waals surface area contributed by atoms with E-state index >= 15 is 0 Å². The first kappa shape index (κ1) is 12.9. The molecule has 1 aromatic carbocycles. The van der Waals surface area contributed by atoms with Gasteiger partial charge in [0.2, 0.25) is 0 Å². The number of nitrogens with two attached hydrogens (primary N) is 1. The third-order valence-electron chi connectivity index (χ3n) is 2.64. The summed E-state index contributed by atoms with van der Waals surface area (Å²) in [5.41, 5.74) is 6.80. The van der Waals surface area contributed by atoms with E-state index in [4.69, 9.17) is 22.1 Å². The van der Waals surface area contributed by atoms with E-state index in [2.05, 4.69) is 5.32 Å². The molecule has 18 heavy (non-hydrogen) atoms. The van der Waals surface area contributed by atoms with Crippen LogP contribution in [0.15, 0.2) is 23.8 Å². The second-order valence-corrected chi connectivity index (χ2v) is 4.47. The minimum absolute atomic E-state index is 0.117. The first-order valence-corrected chi connectivity index (χ1v) is 6.19. The van der Waals surface area contributed by atoms with Crippen LogP contribution in [-0.4, -0.2) is 25.6 Å². The van der Waals surface area contributed by atoms with Crippen LogP contribution in [0, 0.1) is 0 Å². The fourth-order valence-electron chi connectivity index (χ4n) is 1.70. The molecule has 0 aliphatic carbocycles. The minimum Gasteiger partial charge on any atom is -0.488 e. The van der Waals surface area contributed by atoms with E-state index in [1.807, 2.05) is 6.08 Å². The second kappa shape index (κ2) is 5.89. The van der Waals surface area contributed by atoms with Gasteiger partial charge in [-0.25, -0.2) is 0 Å². The lowest BCUT2D eigenvalue weighted by atomic mass is 10.1. The Morgan fingerprint density at radius 3 is 3.11 bits per heavy atom. The Balaban J connectivity index is 2.09. The van der Waals surface area contributed by atoms with Gasteiger partial charge in [-0.3, -0.25) is 4.79 Å². The molecule has 3 N–H and O–H groups in total. The highest BCUT2D eigenvalue weighted by atomic mass is 35.5.